The molecule has 1 aromatic carbocycles. The SMILES string of the molecule is Nc1ccc2nc3c(nc2n1)-c1ccccc1C3. The molecule has 18 heavy (non-hydrogen) atoms. The zero-order valence-electron chi connectivity index (χ0n) is 9.59. The zero-order chi connectivity index (χ0) is 12.1. The number of fused-ring (bicyclic) bond motifs is 4. The van der Waals surface area contributed by atoms with Crippen molar-refractivity contribution in [1.82, 2.24) is 15.0 Å². The van der Waals surface area contributed by atoms with E-state index in [0.717, 1.165) is 28.9 Å². The minimum atomic E-state index is 0.475. The van der Waals surface area contributed by atoms with Crippen molar-refractivity contribution in [3.05, 3.63) is 47.7 Å². The highest BCUT2D eigenvalue weighted by atomic mass is 15.0. The summed E-state index contributed by atoms with van der Waals surface area (Å²) in [6, 6.07) is 11.9. The molecule has 86 valence electrons. The van der Waals surface area contributed by atoms with E-state index in [9.17, 15) is 0 Å². The quantitative estimate of drug-likeness (QED) is 0.506. The van der Waals surface area contributed by atoms with Crippen molar-refractivity contribution < 1.29 is 0 Å². The van der Waals surface area contributed by atoms with Gasteiger partial charge in [-0.2, -0.15) is 0 Å². The van der Waals surface area contributed by atoms with E-state index in [1.807, 2.05) is 18.2 Å². The molecule has 4 heteroatoms. The average molecular weight is 234 g/mol. The third-order valence-corrected chi connectivity index (χ3v) is 3.25. The van der Waals surface area contributed by atoms with Gasteiger partial charge in [-0.05, 0) is 17.7 Å². The maximum atomic E-state index is 5.68. The van der Waals surface area contributed by atoms with Gasteiger partial charge in [0.1, 0.15) is 11.3 Å². The number of anilines is 1. The van der Waals surface area contributed by atoms with Crippen LogP contribution in [-0.4, -0.2) is 15.0 Å². The molecule has 0 bridgehead atoms. The normalized spacial score (nSPS) is 12.4. The minimum Gasteiger partial charge on any atom is -0.384 e. The van der Waals surface area contributed by atoms with Crippen LogP contribution in [0.1, 0.15) is 11.3 Å². The fourth-order valence-electron chi connectivity index (χ4n) is 2.42. The summed E-state index contributed by atoms with van der Waals surface area (Å²) >= 11 is 0. The van der Waals surface area contributed by atoms with E-state index in [1.54, 1.807) is 6.07 Å². The molecular formula is C14H10N4. The molecule has 0 amide bonds. The molecule has 0 atom stereocenters. The van der Waals surface area contributed by atoms with Crippen molar-refractivity contribution in [2.24, 2.45) is 0 Å². The molecule has 0 unspecified atom stereocenters. The standard InChI is InChI=1S/C14H10N4/c15-12-6-5-10-14(17-12)18-13-9-4-2-1-3-8(9)7-11(13)16-10/h1-6H,7H2,(H2,15,17,18). The van der Waals surface area contributed by atoms with Gasteiger partial charge in [0.25, 0.3) is 0 Å². The van der Waals surface area contributed by atoms with Crippen molar-refractivity contribution in [3.8, 4) is 11.3 Å². The molecular weight excluding hydrogens is 224 g/mol. The highest BCUT2D eigenvalue weighted by Gasteiger charge is 2.21. The number of nitrogens with two attached hydrogens (primary N) is 1. The first-order chi connectivity index (χ1) is 8.81. The van der Waals surface area contributed by atoms with Gasteiger partial charge in [-0.3, -0.25) is 0 Å². The predicted octanol–water partition coefficient (Wildman–Crippen LogP) is 2.18. The van der Waals surface area contributed by atoms with Crippen LogP contribution < -0.4 is 5.73 Å². The predicted molar refractivity (Wildman–Crippen MR) is 70.0 cm³/mol. The second kappa shape index (κ2) is 3.26. The summed E-state index contributed by atoms with van der Waals surface area (Å²) in [5.74, 6) is 0.475. The Kier molecular flexibility index (Phi) is 1.73. The summed E-state index contributed by atoms with van der Waals surface area (Å²) in [4.78, 5) is 13.5. The zero-order valence-corrected chi connectivity index (χ0v) is 9.59. The maximum Gasteiger partial charge on any atom is 0.180 e. The fraction of sp³-hybridized carbons (Fsp3) is 0.0714. The van der Waals surface area contributed by atoms with Gasteiger partial charge >= 0.3 is 0 Å². The summed E-state index contributed by atoms with van der Waals surface area (Å²) in [6.07, 6.45) is 0.846. The van der Waals surface area contributed by atoms with Crippen molar-refractivity contribution in [2.75, 3.05) is 5.73 Å². The van der Waals surface area contributed by atoms with Gasteiger partial charge in [0.15, 0.2) is 5.65 Å². The van der Waals surface area contributed by atoms with Gasteiger partial charge in [0, 0.05) is 12.0 Å². The summed E-state index contributed by atoms with van der Waals surface area (Å²) in [5.41, 5.74) is 11.5. The summed E-state index contributed by atoms with van der Waals surface area (Å²) in [7, 11) is 0. The molecule has 0 radical (unpaired) electrons. The Morgan fingerprint density at radius 3 is 2.78 bits per heavy atom. The molecule has 1 aliphatic rings. The van der Waals surface area contributed by atoms with Crippen LogP contribution in [0, 0.1) is 0 Å². The van der Waals surface area contributed by atoms with Crippen LogP contribution in [0.15, 0.2) is 36.4 Å². The number of rotatable bonds is 0. The molecule has 4 nitrogen and oxygen atoms in total. The average Bonchev–Trinajstić information content (AvgIpc) is 2.74. The lowest BCUT2D eigenvalue weighted by atomic mass is 10.1. The number of hydrogen-bond donors (Lipinski definition) is 1. The van der Waals surface area contributed by atoms with Crippen LogP contribution >= 0.6 is 0 Å². The molecule has 0 spiro atoms. The third-order valence-electron chi connectivity index (χ3n) is 3.25. The van der Waals surface area contributed by atoms with Crippen LogP contribution in [0.4, 0.5) is 5.82 Å². The monoisotopic (exact) mass is 234 g/mol. The van der Waals surface area contributed by atoms with Gasteiger partial charge < -0.3 is 5.73 Å². The second-order valence-corrected chi connectivity index (χ2v) is 4.43. The lowest BCUT2D eigenvalue weighted by Gasteiger charge is -2.02. The number of aromatic nitrogens is 3. The lowest BCUT2D eigenvalue weighted by Crippen LogP contribution is -1.97. The summed E-state index contributed by atoms with van der Waals surface area (Å²) < 4.78 is 0. The van der Waals surface area contributed by atoms with Gasteiger partial charge in [-0.1, -0.05) is 24.3 Å². The molecule has 0 saturated heterocycles. The van der Waals surface area contributed by atoms with Crippen LogP contribution in [0.25, 0.3) is 22.4 Å². The first-order valence-corrected chi connectivity index (χ1v) is 5.83. The van der Waals surface area contributed by atoms with Crippen molar-refractivity contribution >= 4 is 17.0 Å². The van der Waals surface area contributed by atoms with Gasteiger partial charge in [-0.15, -0.1) is 0 Å². The molecule has 1 aliphatic carbocycles. The minimum absolute atomic E-state index is 0.475. The Morgan fingerprint density at radius 1 is 0.944 bits per heavy atom. The van der Waals surface area contributed by atoms with Crippen LogP contribution in [0.5, 0.6) is 0 Å². The Morgan fingerprint density at radius 2 is 1.83 bits per heavy atom. The molecule has 0 saturated carbocycles. The fourth-order valence-corrected chi connectivity index (χ4v) is 2.42. The van der Waals surface area contributed by atoms with E-state index in [4.69, 9.17) is 5.73 Å². The Hall–Kier alpha value is -2.49. The van der Waals surface area contributed by atoms with Gasteiger partial charge in [0.05, 0.1) is 11.4 Å². The summed E-state index contributed by atoms with van der Waals surface area (Å²) in [5, 5.41) is 0. The number of nitrogen functional groups attached to an aromatic ring is 1. The highest BCUT2D eigenvalue weighted by Crippen LogP contribution is 2.34. The lowest BCUT2D eigenvalue weighted by molar-refractivity contribution is 1.12. The molecule has 2 aromatic heterocycles. The number of hydrogen-bond acceptors (Lipinski definition) is 4. The van der Waals surface area contributed by atoms with Gasteiger partial charge in [-0.25, -0.2) is 15.0 Å². The second-order valence-electron chi connectivity index (χ2n) is 4.43. The van der Waals surface area contributed by atoms with Gasteiger partial charge in [0.2, 0.25) is 0 Å². The van der Waals surface area contributed by atoms with Crippen molar-refractivity contribution in [2.45, 2.75) is 6.42 Å². The van der Waals surface area contributed by atoms with Crippen molar-refractivity contribution in [3.63, 3.8) is 0 Å². The molecule has 0 aliphatic heterocycles. The van der Waals surface area contributed by atoms with E-state index in [-0.39, 0.29) is 0 Å². The van der Waals surface area contributed by atoms with Crippen LogP contribution in [-0.2, 0) is 6.42 Å². The molecule has 3 aromatic rings. The van der Waals surface area contributed by atoms with Crippen molar-refractivity contribution in [1.29, 1.82) is 0 Å². The van der Waals surface area contributed by atoms with E-state index < -0.39 is 0 Å². The topological polar surface area (TPSA) is 64.7 Å². The first kappa shape index (κ1) is 9.53. The third kappa shape index (κ3) is 1.23. The molecule has 2 N–H and O–H groups in total. The smallest absolute Gasteiger partial charge is 0.180 e. The maximum absolute atomic E-state index is 5.68. The van der Waals surface area contributed by atoms with E-state index >= 15 is 0 Å². The Labute approximate surface area is 104 Å². The van der Waals surface area contributed by atoms with E-state index in [1.165, 1.54) is 5.56 Å². The Balaban J connectivity index is 2.05. The first-order valence-electron chi connectivity index (χ1n) is 5.83. The number of nitrogens with zero attached hydrogens (tertiary/aromatic N) is 3. The highest BCUT2D eigenvalue weighted by molar-refractivity contribution is 5.80. The molecule has 0 fully saturated rings. The molecule has 2 heterocycles. The van der Waals surface area contributed by atoms with E-state index in [0.29, 0.717) is 11.5 Å². The van der Waals surface area contributed by atoms with E-state index in [2.05, 4.69) is 27.1 Å². The largest absolute Gasteiger partial charge is 0.384 e. The van der Waals surface area contributed by atoms with Crippen LogP contribution in [0.3, 0.4) is 0 Å². The Bertz CT molecular complexity index is 780. The molecule has 4 rings (SSSR count). The number of benzene rings is 1. The van der Waals surface area contributed by atoms with Crippen LogP contribution in [0.2, 0.25) is 0 Å². The number of pyridine rings is 1. The summed E-state index contributed by atoms with van der Waals surface area (Å²) in [6.45, 7) is 0.